The molecular weight excluding hydrogens is 320 g/mol. The molecule has 0 fully saturated rings. The zero-order chi connectivity index (χ0) is 14.6. The van der Waals surface area contributed by atoms with Gasteiger partial charge in [-0.2, -0.15) is 0 Å². The van der Waals surface area contributed by atoms with Gasteiger partial charge in [-0.3, -0.25) is 0 Å². The van der Waals surface area contributed by atoms with Crippen LogP contribution in [-0.2, 0) is 14.9 Å². The number of unbranched alkanes of at least 4 members (excludes halogenated alkanes) is 3. The Morgan fingerprint density at radius 2 is 1.75 bits per heavy atom. The molecule has 1 rings (SSSR count). The smallest absolute Gasteiger partial charge is 0.330 e. The summed E-state index contributed by atoms with van der Waals surface area (Å²) < 4.78 is 10.6. The molecule has 0 aliphatic rings. The molecule has 0 amide bonds. The van der Waals surface area contributed by atoms with Crippen LogP contribution >= 0.6 is 15.9 Å². The third-order valence-electron chi connectivity index (χ3n) is 2.80. The van der Waals surface area contributed by atoms with E-state index in [0.29, 0.717) is 6.61 Å². The van der Waals surface area contributed by atoms with E-state index in [1.54, 1.807) is 0 Å². The summed E-state index contributed by atoms with van der Waals surface area (Å²) in [7, 11) is 0. The first-order valence-electron chi connectivity index (χ1n) is 6.83. The number of hydrogen-bond donors (Lipinski definition) is 0. The number of carbonyl (C=O) groups excluding carboxylic acids is 1. The highest BCUT2D eigenvalue weighted by molar-refractivity contribution is 9.08. The van der Waals surface area contributed by atoms with Crippen LogP contribution in [0.5, 0.6) is 5.75 Å². The van der Waals surface area contributed by atoms with Crippen LogP contribution in [0.4, 0.5) is 0 Å². The van der Waals surface area contributed by atoms with Gasteiger partial charge in [0.15, 0.2) is 0 Å². The first-order valence-corrected chi connectivity index (χ1v) is 7.95. The average Bonchev–Trinajstić information content (AvgIpc) is 2.50. The van der Waals surface area contributed by atoms with Crippen LogP contribution in [0.2, 0.25) is 0 Å². The third-order valence-corrected chi connectivity index (χ3v) is 3.44. The Morgan fingerprint density at radius 1 is 1.10 bits per heavy atom. The second-order valence-corrected chi connectivity index (χ2v) is 4.97. The lowest BCUT2D eigenvalue weighted by molar-refractivity contribution is -0.137. The second kappa shape index (κ2) is 10.5. The number of benzene rings is 1. The topological polar surface area (TPSA) is 35.5 Å². The molecule has 1 aromatic rings. The van der Waals surface area contributed by atoms with E-state index in [-0.39, 0.29) is 5.97 Å². The maximum Gasteiger partial charge on any atom is 0.330 e. The third kappa shape index (κ3) is 7.34. The van der Waals surface area contributed by atoms with Crippen molar-refractivity contribution in [3.8, 4) is 5.75 Å². The molecular formula is C16H21BrO3. The van der Waals surface area contributed by atoms with Crippen LogP contribution in [0.1, 0.15) is 31.2 Å². The van der Waals surface area contributed by atoms with E-state index in [9.17, 15) is 4.79 Å². The van der Waals surface area contributed by atoms with Gasteiger partial charge < -0.3 is 9.47 Å². The molecule has 0 N–H and O–H groups in total. The van der Waals surface area contributed by atoms with Gasteiger partial charge in [0.25, 0.3) is 0 Å². The lowest BCUT2D eigenvalue weighted by atomic mass is 10.2. The average molecular weight is 341 g/mol. The Balaban J connectivity index is 1.99. The number of ether oxygens (including phenoxy) is 2. The molecule has 0 heterocycles. The van der Waals surface area contributed by atoms with E-state index in [0.717, 1.165) is 43.4 Å². The minimum Gasteiger partial charge on any atom is -0.494 e. The Kier molecular flexibility index (Phi) is 8.79. The summed E-state index contributed by atoms with van der Waals surface area (Å²) in [5.41, 5.74) is 1.24. The normalized spacial score (nSPS) is 10.1. The Labute approximate surface area is 129 Å². The lowest BCUT2D eigenvalue weighted by Crippen LogP contribution is -2.02. The van der Waals surface area contributed by atoms with E-state index in [4.69, 9.17) is 9.47 Å². The molecule has 0 saturated heterocycles. The van der Waals surface area contributed by atoms with E-state index in [1.165, 1.54) is 11.6 Å². The van der Waals surface area contributed by atoms with Crippen molar-refractivity contribution in [3.63, 3.8) is 0 Å². The summed E-state index contributed by atoms with van der Waals surface area (Å²) >= 11 is 3.41. The lowest BCUT2D eigenvalue weighted by Gasteiger charge is -2.06. The van der Waals surface area contributed by atoms with E-state index in [1.807, 2.05) is 12.1 Å². The van der Waals surface area contributed by atoms with Crippen molar-refractivity contribution in [2.24, 2.45) is 0 Å². The van der Waals surface area contributed by atoms with Crippen LogP contribution in [0.3, 0.4) is 0 Å². The highest BCUT2D eigenvalue weighted by Crippen LogP contribution is 2.14. The van der Waals surface area contributed by atoms with Crippen molar-refractivity contribution in [1.82, 2.24) is 0 Å². The highest BCUT2D eigenvalue weighted by atomic mass is 79.9. The molecule has 3 nitrogen and oxygen atoms in total. The molecule has 110 valence electrons. The molecule has 0 aliphatic carbocycles. The zero-order valence-corrected chi connectivity index (χ0v) is 13.2. The largest absolute Gasteiger partial charge is 0.494 e. The van der Waals surface area contributed by atoms with Crippen molar-refractivity contribution in [2.75, 3.05) is 13.2 Å². The maximum atomic E-state index is 10.8. The molecule has 20 heavy (non-hydrogen) atoms. The molecule has 0 atom stereocenters. The van der Waals surface area contributed by atoms with Gasteiger partial charge in [-0.25, -0.2) is 4.79 Å². The second-order valence-electron chi connectivity index (χ2n) is 4.41. The zero-order valence-electron chi connectivity index (χ0n) is 11.6. The van der Waals surface area contributed by atoms with Crippen molar-refractivity contribution < 1.29 is 14.3 Å². The summed E-state index contributed by atoms with van der Waals surface area (Å²) in [6.45, 7) is 4.54. The molecule has 1 aromatic carbocycles. The molecule has 0 aromatic heterocycles. The van der Waals surface area contributed by atoms with Gasteiger partial charge >= 0.3 is 5.97 Å². The van der Waals surface area contributed by atoms with Gasteiger partial charge in [0.2, 0.25) is 0 Å². The summed E-state index contributed by atoms with van der Waals surface area (Å²) in [4.78, 5) is 10.8. The molecule has 0 bridgehead atoms. The minimum absolute atomic E-state index is 0.347. The number of carbonyl (C=O) groups is 1. The molecule has 0 aliphatic heterocycles. The summed E-state index contributed by atoms with van der Waals surface area (Å²) in [6, 6.07) is 8.09. The van der Waals surface area contributed by atoms with Crippen molar-refractivity contribution in [3.05, 3.63) is 42.5 Å². The highest BCUT2D eigenvalue weighted by Gasteiger charge is 1.97. The molecule has 0 radical (unpaired) electrons. The van der Waals surface area contributed by atoms with Gasteiger partial charge in [-0.15, -0.1) is 0 Å². The van der Waals surface area contributed by atoms with E-state index < -0.39 is 0 Å². The van der Waals surface area contributed by atoms with Gasteiger partial charge in [0.05, 0.1) is 13.2 Å². The fraction of sp³-hybridized carbons (Fsp3) is 0.438. The molecule has 0 saturated carbocycles. The van der Waals surface area contributed by atoms with E-state index in [2.05, 4.69) is 34.6 Å². The van der Waals surface area contributed by atoms with Gasteiger partial charge in [0, 0.05) is 11.4 Å². The molecule has 4 heteroatoms. The van der Waals surface area contributed by atoms with Crippen molar-refractivity contribution >= 4 is 21.9 Å². The molecule has 0 unspecified atom stereocenters. The number of hydrogen-bond acceptors (Lipinski definition) is 3. The molecule has 0 spiro atoms. The standard InChI is InChI=1S/C16H21BrO3/c1-2-16(18)20-12-6-4-3-5-11-19-15-9-7-14(13-17)8-10-15/h2,7-10H,1,3-6,11-13H2. The Bertz CT molecular complexity index is 401. The van der Waals surface area contributed by atoms with Crippen molar-refractivity contribution in [1.29, 1.82) is 0 Å². The monoisotopic (exact) mass is 340 g/mol. The first-order chi connectivity index (χ1) is 9.76. The van der Waals surface area contributed by atoms with E-state index >= 15 is 0 Å². The van der Waals surface area contributed by atoms with Crippen LogP contribution in [0, 0.1) is 0 Å². The Morgan fingerprint density at radius 3 is 2.35 bits per heavy atom. The van der Waals surface area contributed by atoms with Crippen molar-refractivity contribution in [2.45, 2.75) is 31.0 Å². The van der Waals surface area contributed by atoms with Crippen LogP contribution in [0.15, 0.2) is 36.9 Å². The number of halogens is 1. The van der Waals surface area contributed by atoms with Gasteiger partial charge in [0.1, 0.15) is 5.75 Å². The minimum atomic E-state index is -0.347. The quantitative estimate of drug-likeness (QED) is 0.276. The number of esters is 1. The Hall–Kier alpha value is -1.29. The van der Waals surface area contributed by atoms with Crippen LogP contribution in [0.25, 0.3) is 0 Å². The number of alkyl halides is 1. The summed E-state index contributed by atoms with van der Waals surface area (Å²) in [6.07, 6.45) is 5.20. The predicted octanol–water partition coefficient (Wildman–Crippen LogP) is 4.25. The number of rotatable bonds is 10. The summed E-state index contributed by atoms with van der Waals surface area (Å²) in [5, 5.41) is 0.865. The SMILES string of the molecule is C=CC(=O)OCCCCCCOc1ccc(CBr)cc1. The van der Waals surface area contributed by atoms with Crippen LogP contribution < -0.4 is 4.74 Å². The first kappa shape index (κ1) is 16.8. The van der Waals surface area contributed by atoms with Gasteiger partial charge in [-0.1, -0.05) is 34.6 Å². The summed E-state index contributed by atoms with van der Waals surface area (Å²) in [5.74, 6) is 0.565. The fourth-order valence-electron chi connectivity index (χ4n) is 1.65. The predicted molar refractivity (Wildman–Crippen MR) is 84.2 cm³/mol. The van der Waals surface area contributed by atoms with Gasteiger partial charge in [-0.05, 0) is 43.4 Å². The fourth-order valence-corrected chi connectivity index (χ4v) is 2.03. The van der Waals surface area contributed by atoms with Crippen LogP contribution in [-0.4, -0.2) is 19.2 Å². The maximum absolute atomic E-state index is 10.8.